The van der Waals surface area contributed by atoms with Gasteiger partial charge in [0.15, 0.2) is 0 Å². The molecule has 0 atom stereocenters. The van der Waals surface area contributed by atoms with E-state index in [4.69, 9.17) is 0 Å². The number of thiophene rings is 1. The third kappa shape index (κ3) is 2.93. The second-order valence-electron chi connectivity index (χ2n) is 3.50. The van der Waals surface area contributed by atoms with E-state index in [0.717, 1.165) is 18.5 Å². The van der Waals surface area contributed by atoms with Crippen LogP contribution in [0.3, 0.4) is 0 Å². The number of aromatic amines is 1. The summed E-state index contributed by atoms with van der Waals surface area (Å²) in [6.07, 6.45) is 0.807. The lowest BCUT2D eigenvalue weighted by Crippen LogP contribution is -2.19. The van der Waals surface area contributed by atoms with Crippen molar-refractivity contribution in [3.05, 3.63) is 27.6 Å². The molecule has 0 aliphatic heterocycles. The minimum absolute atomic E-state index is 0.0600. The normalized spacial score (nSPS) is 10.2. The summed E-state index contributed by atoms with van der Waals surface area (Å²) < 4.78 is 0.686. The van der Waals surface area contributed by atoms with Crippen molar-refractivity contribution in [1.82, 2.24) is 15.3 Å². The van der Waals surface area contributed by atoms with Gasteiger partial charge in [-0.2, -0.15) is 0 Å². The average Bonchev–Trinajstić information content (AvgIpc) is 2.77. The van der Waals surface area contributed by atoms with Crippen LogP contribution in [0.25, 0.3) is 10.2 Å². The number of hydrogen-bond acceptors (Lipinski definition) is 4. The third-order valence-electron chi connectivity index (χ3n) is 2.26. The SMILES string of the molecule is CC#CCCNCc1nc2ccsc2c(=O)[nH]1. The zero-order chi connectivity index (χ0) is 12.1. The maximum Gasteiger partial charge on any atom is 0.268 e. The Hall–Kier alpha value is -1.64. The smallest absolute Gasteiger partial charge is 0.268 e. The number of nitrogens with zero attached hydrogens (tertiary/aromatic N) is 1. The van der Waals surface area contributed by atoms with Crippen molar-refractivity contribution in [3.63, 3.8) is 0 Å². The summed E-state index contributed by atoms with van der Waals surface area (Å²) in [5, 5.41) is 5.06. The molecule has 0 aliphatic carbocycles. The van der Waals surface area contributed by atoms with Gasteiger partial charge >= 0.3 is 0 Å². The lowest BCUT2D eigenvalue weighted by molar-refractivity contribution is 0.671. The Kier molecular flexibility index (Phi) is 3.91. The summed E-state index contributed by atoms with van der Waals surface area (Å²) in [6.45, 7) is 3.18. The van der Waals surface area contributed by atoms with E-state index in [1.54, 1.807) is 0 Å². The molecule has 0 fully saturated rings. The molecule has 0 saturated carbocycles. The van der Waals surface area contributed by atoms with Crippen molar-refractivity contribution < 1.29 is 0 Å². The Morgan fingerprint density at radius 2 is 2.47 bits per heavy atom. The topological polar surface area (TPSA) is 57.8 Å². The van der Waals surface area contributed by atoms with E-state index in [0.29, 0.717) is 17.1 Å². The molecule has 17 heavy (non-hydrogen) atoms. The average molecular weight is 247 g/mol. The molecule has 88 valence electrons. The van der Waals surface area contributed by atoms with Crippen LogP contribution in [0.1, 0.15) is 19.2 Å². The summed E-state index contributed by atoms with van der Waals surface area (Å²) in [5.74, 6) is 6.47. The first-order valence-electron chi connectivity index (χ1n) is 5.38. The minimum Gasteiger partial charge on any atom is -0.309 e. The van der Waals surface area contributed by atoms with Crippen molar-refractivity contribution in [3.8, 4) is 11.8 Å². The highest BCUT2D eigenvalue weighted by Gasteiger charge is 2.03. The van der Waals surface area contributed by atoms with E-state index in [-0.39, 0.29) is 5.56 Å². The van der Waals surface area contributed by atoms with Gasteiger partial charge in [0.2, 0.25) is 0 Å². The lowest BCUT2D eigenvalue weighted by Gasteiger charge is -2.01. The molecule has 0 aromatic carbocycles. The second kappa shape index (κ2) is 5.62. The lowest BCUT2D eigenvalue weighted by atomic mass is 10.4. The fourth-order valence-electron chi connectivity index (χ4n) is 1.49. The van der Waals surface area contributed by atoms with Crippen molar-refractivity contribution in [2.24, 2.45) is 0 Å². The van der Waals surface area contributed by atoms with Crippen LogP contribution < -0.4 is 10.9 Å². The molecular weight excluding hydrogens is 234 g/mol. The van der Waals surface area contributed by atoms with Crippen molar-refractivity contribution in [1.29, 1.82) is 0 Å². The molecule has 0 spiro atoms. The number of H-pyrrole nitrogens is 1. The van der Waals surface area contributed by atoms with Crippen LogP contribution in [0.2, 0.25) is 0 Å². The van der Waals surface area contributed by atoms with Gasteiger partial charge in [-0.25, -0.2) is 4.98 Å². The monoisotopic (exact) mass is 247 g/mol. The van der Waals surface area contributed by atoms with Crippen LogP contribution >= 0.6 is 11.3 Å². The van der Waals surface area contributed by atoms with Gasteiger partial charge in [-0.05, 0) is 18.4 Å². The second-order valence-corrected chi connectivity index (χ2v) is 4.42. The molecule has 2 aromatic rings. The van der Waals surface area contributed by atoms with E-state index < -0.39 is 0 Å². The molecule has 0 unspecified atom stereocenters. The molecule has 0 aliphatic rings. The van der Waals surface area contributed by atoms with Crippen LogP contribution in [-0.2, 0) is 6.54 Å². The van der Waals surface area contributed by atoms with E-state index in [1.807, 2.05) is 18.4 Å². The number of hydrogen-bond donors (Lipinski definition) is 2. The predicted octanol–water partition coefficient (Wildman–Crippen LogP) is 1.49. The van der Waals surface area contributed by atoms with Gasteiger partial charge in [0, 0.05) is 13.0 Å². The van der Waals surface area contributed by atoms with Gasteiger partial charge in [-0.3, -0.25) is 4.79 Å². The minimum atomic E-state index is -0.0600. The van der Waals surface area contributed by atoms with Gasteiger partial charge in [0.05, 0.1) is 12.1 Å². The molecule has 4 nitrogen and oxygen atoms in total. The molecule has 2 rings (SSSR count). The van der Waals surface area contributed by atoms with Gasteiger partial charge in [0.1, 0.15) is 10.5 Å². The Labute approximate surface area is 103 Å². The summed E-state index contributed by atoms with van der Waals surface area (Å²) in [6, 6.07) is 1.86. The Morgan fingerprint density at radius 1 is 1.59 bits per heavy atom. The highest BCUT2D eigenvalue weighted by molar-refractivity contribution is 7.17. The van der Waals surface area contributed by atoms with E-state index in [9.17, 15) is 4.79 Å². The summed E-state index contributed by atoms with van der Waals surface area (Å²) in [5.41, 5.74) is 0.707. The van der Waals surface area contributed by atoms with E-state index in [1.165, 1.54) is 11.3 Å². The summed E-state index contributed by atoms with van der Waals surface area (Å²) >= 11 is 1.41. The van der Waals surface area contributed by atoms with Gasteiger partial charge in [-0.1, -0.05) is 0 Å². The maximum atomic E-state index is 11.7. The first-order chi connectivity index (χ1) is 8.31. The number of rotatable bonds is 4. The number of fused-ring (bicyclic) bond motifs is 1. The molecule has 5 heteroatoms. The van der Waals surface area contributed by atoms with Crippen LogP contribution in [-0.4, -0.2) is 16.5 Å². The largest absolute Gasteiger partial charge is 0.309 e. The van der Waals surface area contributed by atoms with Crippen LogP contribution in [0.15, 0.2) is 16.2 Å². The highest BCUT2D eigenvalue weighted by Crippen LogP contribution is 2.13. The first kappa shape index (κ1) is 11.8. The zero-order valence-electron chi connectivity index (χ0n) is 9.54. The van der Waals surface area contributed by atoms with E-state index >= 15 is 0 Å². The Balaban J connectivity index is 2.03. The van der Waals surface area contributed by atoms with Gasteiger partial charge in [0.25, 0.3) is 5.56 Å². The number of nitrogens with one attached hydrogen (secondary N) is 2. The molecule has 0 bridgehead atoms. The van der Waals surface area contributed by atoms with Crippen molar-refractivity contribution >= 4 is 21.6 Å². The van der Waals surface area contributed by atoms with Gasteiger partial charge in [-0.15, -0.1) is 23.2 Å². The molecule has 0 radical (unpaired) electrons. The zero-order valence-corrected chi connectivity index (χ0v) is 10.4. The molecule has 2 N–H and O–H groups in total. The molecule has 2 aromatic heterocycles. The van der Waals surface area contributed by atoms with Crippen molar-refractivity contribution in [2.45, 2.75) is 19.9 Å². The highest BCUT2D eigenvalue weighted by atomic mass is 32.1. The van der Waals surface area contributed by atoms with Crippen LogP contribution in [0, 0.1) is 11.8 Å². The van der Waals surface area contributed by atoms with Crippen LogP contribution in [0.4, 0.5) is 0 Å². The van der Waals surface area contributed by atoms with Crippen LogP contribution in [0.5, 0.6) is 0 Å². The van der Waals surface area contributed by atoms with E-state index in [2.05, 4.69) is 27.1 Å². The molecule has 0 amide bonds. The quantitative estimate of drug-likeness (QED) is 0.635. The van der Waals surface area contributed by atoms with Gasteiger partial charge < -0.3 is 10.3 Å². The number of aromatic nitrogens is 2. The first-order valence-corrected chi connectivity index (χ1v) is 6.26. The fraction of sp³-hybridized carbons (Fsp3) is 0.333. The standard InChI is InChI=1S/C12H13N3OS/c1-2-3-4-6-13-8-10-14-9-5-7-17-11(9)12(16)15-10/h5,7,13H,4,6,8H2,1H3,(H,14,15,16). The summed E-state index contributed by atoms with van der Waals surface area (Å²) in [4.78, 5) is 18.8. The maximum absolute atomic E-state index is 11.7. The van der Waals surface area contributed by atoms with Crippen molar-refractivity contribution in [2.75, 3.05) is 6.54 Å². The predicted molar refractivity (Wildman–Crippen MR) is 70.0 cm³/mol. The third-order valence-corrected chi connectivity index (χ3v) is 3.16. The fourth-order valence-corrected chi connectivity index (χ4v) is 2.21. The Morgan fingerprint density at radius 3 is 3.29 bits per heavy atom. The molecular formula is C12H13N3OS. The molecule has 2 heterocycles. The summed E-state index contributed by atoms with van der Waals surface area (Å²) in [7, 11) is 0. The molecule has 0 saturated heterocycles. The Bertz CT molecular complexity index is 618.